The van der Waals surface area contributed by atoms with Gasteiger partial charge in [-0.15, -0.1) is 0 Å². The van der Waals surface area contributed by atoms with Crippen LogP contribution in [0.2, 0.25) is 0 Å². The molecule has 0 rings (SSSR count). The molecule has 1 atom stereocenters. The monoisotopic (exact) mass is 187 g/mol. The van der Waals surface area contributed by atoms with Gasteiger partial charge in [0.25, 0.3) is 0 Å². The highest BCUT2D eigenvalue weighted by Gasteiger charge is 2.33. The van der Waals surface area contributed by atoms with Crippen molar-refractivity contribution < 1.29 is 9.90 Å². The SMILES string of the molecule is CC(C)(C)N[C@@H](C(=O)O)C(C)(C)C. The molecule has 3 heteroatoms. The van der Waals surface area contributed by atoms with Crippen molar-refractivity contribution in [2.75, 3.05) is 0 Å². The van der Waals surface area contributed by atoms with Crippen LogP contribution in [0.15, 0.2) is 0 Å². The molecule has 3 nitrogen and oxygen atoms in total. The third-order valence-electron chi connectivity index (χ3n) is 1.69. The molecule has 0 aromatic heterocycles. The Bertz CT molecular complexity index is 186. The Morgan fingerprint density at radius 3 is 1.62 bits per heavy atom. The highest BCUT2D eigenvalue weighted by molar-refractivity contribution is 5.74. The summed E-state index contributed by atoms with van der Waals surface area (Å²) in [5, 5.41) is 12.1. The summed E-state index contributed by atoms with van der Waals surface area (Å²) < 4.78 is 0. The third kappa shape index (κ3) is 4.88. The molecule has 0 amide bonds. The van der Waals surface area contributed by atoms with Gasteiger partial charge in [-0.25, -0.2) is 0 Å². The molecule has 0 aliphatic heterocycles. The molecule has 0 heterocycles. The molecule has 0 aliphatic rings. The van der Waals surface area contributed by atoms with Gasteiger partial charge in [0.1, 0.15) is 6.04 Å². The van der Waals surface area contributed by atoms with Crippen molar-refractivity contribution in [1.82, 2.24) is 5.32 Å². The summed E-state index contributed by atoms with van der Waals surface area (Å²) in [6.07, 6.45) is 0. The van der Waals surface area contributed by atoms with Crippen LogP contribution in [0.5, 0.6) is 0 Å². The van der Waals surface area contributed by atoms with E-state index < -0.39 is 12.0 Å². The lowest BCUT2D eigenvalue weighted by molar-refractivity contribution is -0.143. The number of carboxylic acid groups (broad SMARTS) is 1. The van der Waals surface area contributed by atoms with Crippen LogP contribution in [0.4, 0.5) is 0 Å². The van der Waals surface area contributed by atoms with Crippen LogP contribution in [0, 0.1) is 5.41 Å². The largest absolute Gasteiger partial charge is 0.480 e. The summed E-state index contributed by atoms with van der Waals surface area (Å²) in [6, 6.07) is -0.507. The first-order valence-corrected chi connectivity index (χ1v) is 4.54. The van der Waals surface area contributed by atoms with Gasteiger partial charge in [-0.1, -0.05) is 20.8 Å². The Balaban J connectivity index is 4.56. The first kappa shape index (κ1) is 12.4. The normalized spacial score (nSPS) is 15.5. The number of hydrogen-bond acceptors (Lipinski definition) is 2. The Morgan fingerprint density at radius 2 is 1.54 bits per heavy atom. The fourth-order valence-corrected chi connectivity index (χ4v) is 1.08. The molecule has 0 aromatic carbocycles. The molecule has 0 unspecified atom stereocenters. The number of hydrogen-bond donors (Lipinski definition) is 2. The maximum Gasteiger partial charge on any atom is 0.321 e. The van der Waals surface area contributed by atoms with Crippen LogP contribution in [0.3, 0.4) is 0 Å². The summed E-state index contributed by atoms with van der Waals surface area (Å²) in [7, 11) is 0. The van der Waals surface area contributed by atoms with Gasteiger partial charge in [-0.2, -0.15) is 0 Å². The molecule has 0 fully saturated rings. The lowest BCUT2D eigenvalue weighted by Crippen LogP contribution is -2.53. The molecule has 0 bridgehead atoms. The fraction of sp³-hybridized carbons (Fsp3) is 0.900. The highest BCUT2D eigenvalue weighted by atomic mass is 16.4. The molecule has 0 saturated heterocycles. The van der Waals surface area contributed by atoms with Gasteiger partial charge in [0, 0.05) is 5.54 Å². The van der Waals surface area contributed by atoms with E-state index in [1.54, 1.807) is 0 Å². The van der Waals surface area contributed by atoms with Crippen LogP contribution in [0.25, 0.3) is 0 Å². The maximum absolute atomic E-state index is 11.0. The number of nitrogens with one attached hydrogen (secondary N) is 1. The van der Waals surface area contributed by atoms with Crippen LogP contribution >= 0.6 is 0 Å². The van der Waals surface area contributed by atoms with Gasteiger partial charge >= 0.3 is 5.97 Å². The minimum absolute atomic E-state index is 0.170. The second kappa shape index (κ2) is 3.66. The molecule has 0 aromatic rings. The average molecular weight is 187 g/mol. The van der Waals surface area contributed by atoms with E-state index in [1.807, 2.05) is 41.5 Å². The number of carboxylic acids is 1. The van der Waals surface area contributed by atoms with E-state index in [2.05, 4.69) is 5.32 Å². The summed E-state index contributed by atoms with van der Waals surface area (Å²) in [4.78, 5) is 11.0. The van der Waals surface area contributed by atoms with Crippen molar-refractivity contribution in [2.24, 2.45) is 5.41 Å². The van der Waals surface area contributed by atoms with E-state index in [0.29, 0.717) is 0 Å². The average Bonchev–Trinajstić information content (AvgIpc) is 1.77. The number of carbonyl (C=O) groups is 1. The molecule has 2 N–H and O–H groups in total. The predicted octanol–water partition coefficient (Wildman–Crippen LogP) is 1.87. The van der Waals surface area contributed by atoms with E-state index in [4.69, 9.17) is 5.11 Å². The standard InChI is InChI=1S/C10H21NO2/c1-9(2,3)7(8(12)13)11-10(4,5)6/h7,11H,1-6H3,(H,12,13)/t7-/m0/s1. The first-order valence-electron chi connectivity index (χ1n) is 4.54. The summed E-state index contributed by atoms with van der Waals surface area (Å²) >= 11 is 0. The van der Waals surface area contributed by atoms with Crippen molar-refractivity contribution in [3.63, 3.8) is 0 Å². The van der Waals surface area contributed by atoms with Crippen LogP contribution in [-0.4, -0.2) is 22.7 Å². The summed E-state index contributed by atoms with van der Waals surface area (Å²) in [5.74, 6) is -0.789. The molecular formula is C10H21NO2. The Labute approximate surface area is 80.5 Å². The molecule has 78 valence electrons. The Morgan fingerprint density at radius 1 is 1.15 bits per heavy atom. The van der Waals surface area contributed by atoms with Gasteiger partial charge < -0.3 is 5.11 Å². The third-order valence-corrected chi connectivity index (χ3v) is 1.69. The quantitative estimate of drug-likeness (QED) is 0.694. The van der Waals surface area contributed by atoms with E-state index >= 15 is 0 Å². The van der Waals surface area contributed by atoms with Crippen molar-refractivity contribution in [2.45, 2.75) is 53.1 Å². The minimum atomic E-state index is -0.789. The van der Waals surface area contributed by atoms with E-state index in [9.17, 15) is 4.79 Å². The van der Waals surface area contributed by atoms with Gasteiger partial charge in [0.2, 0.25) is 0 Å². The van der Waals surface area contributed by atoms with Gasteiger partial charge in [0.05, 0.1) is 0 Å². The molecule has 0 saturated carbocycles. The fourth-order valence-electron chi connectivity index (χ4n) is 1.08. The second-order valence-electron chi connectivity index (χ2n) is 5.53. The summed E-state index contributed by atoms with van der Waals surface area (Å²) in [6.45, 7) is 11.7. The van der Waals surface area contributed by atoms with E-state index in [-0.39, 0.29) is 11.0 Å². The maximum atomic E-state index is 11.0. The predicted molar refractivity (Wildman–Crippen MR) is 53.8 cm³/mol. The van der Waals surface area contributed by atoms with Gasteiger partial charge in [-0.3, -0.25) is 10.1 Å². The Kier molecular flexibility index (Phi) is 3.50. The van der Waals surface area contributed by atoms with Crippen LogP contribution in [-0.2, 0) is 4.79 Å². The van der Waals surface area contributed by atoms with E-state index in [1.165, 1.54) is 0 Å². The lowest BCUT2D eigenvalue weighted by atomic mass is 9.85. The van der Waals surface area contributed by atoms with Crippen molar-refractivity contribution in [3.8, 4) is 0 Å². The Hall–Kier alpha value is -0.570. The van der Waals surface area contributed by atoms with Crippen LogP contribution < -0.4 is 5.32 Å². The molecule has 13 heavy (non-hydrogen) atoms. The zero-order chi connectivity index (χ0) is 10.9. The number of rotatable bonds is 2. The van der Waals surface area contributed by atoms with Gasteiger partial charge in [0.15, 0.2) is 0 Å². The minimum Gasteiger partial charge on any atom is -0.480 e. The number of aliphatic carboxylic acids is 1. The molecule has 0 spiro atoms. The summed E-state index contributed by atoms with van der Waals surface area (Å²) in [5.41, 5.74) is -0.435. The van der Waals surface area contributed by atoms with Crippen molar-refractivity contribution in [3.05, 3.63) is 0 Å². The zero-order valence-electron chi connectivity index (χ0n) is 9.43. The van der Waals surface area contributed by atoms with E-state index in [0.717, 1.165) is 0 Å². The van der Waals surface area contributed by atoms with Crippen LogP contribution in [0.1, 0.15) is 41.5 Å². The molecule has 0 aliphatic carbocycles. The molecular weight excluding hydrogens is 166 g/mol. The molecule has 0 radical (unpaired) electrons. The topological polar surface area (TPSA) is 49.3 Å². The smallest absolute Gasteiger partial charge is 0.321 e. The zero-order valence-corrected chi connectivity index (χ0v) is 9.43. The lowest BCUT2D eigenvalue weighted by Gasteiger charge is -2.34. The highest BCUT2D eigenvalue weighted by Crippen LogP contribution is 2.21. The second-order valence-corrected chi connectivity index (χ2v) is 5.53. The van der Waals surface area contributed by atoms with Gasteiger partial charge in [-0.05, 0) is 26.2 Å². The van der Waals surface area contributed by atoms with Crippen molar-refractivity contribution in [1.29, 1.82) is 0 Å². The first-order chi connectivity index (χ1) is 5.54. The van der Waals surface area contributed by atoms with Crippen molar-refractivity contribution >= 4 is 5.97 Å².